The smallest absolute Gasteiger partial charge is 0.170 e. The van der Waals surface area contributed by atoms with Crippen molar-refractivity contribution in [3.05, 3.63) is 36.2 Å². The third-order valence-electron chi connectivity index (χ3n) is 3.12. The quantitative estimate of drug-likeness (QED) is 0.689. The fraction of sp³-hybridized carbons (Fsp3) is 0.308. The second-order valence-electron chi connectivity index (χ2n) is 4.81. The molecule has 0 aliphatic carbocycles. The molecule has 2 aromatic heterocycles. The maximum absolute atomic E-state index is 9.90. The van der Waals surface area contributed by atoms with Gasteiger partial charge in [0.2, 0.25) is 0 Å². The molecule has 1 aromatic carbocycles. The van der Waals surface area contributed by atoms with Crippen LogP contribution in [0.25, 0.3) is 11.0 Å². The van der Waals surface area contributed by atoms with Crippen LogP contribution in [0.3, 0.4) is 0 Å². The maximum Gasteiger partial charge on any atom is 0.170 e. The van der Waals surface area contributed by atoms with E-state index in [1.54, 1.807) is 24.0 Å². The van der Waals surface area contributed by atoms with Crippen molar-refractivity contribution in [2.45, 2.75) is 19.6 Å². The SMILES string of the molecule is CC(O)c1nc2cc(N)ccc2n1Cc1ncn(C)n1. The summed E-state index contributed by atoms with van der Waals surface area (Å²) in [6, 6.07) is 5.51. The number of hydrogen-bond donors (Lipinski definition) is 2. The normalized spacial score (nSPS) is 12.9. The highest BCUT2D eigenvalue weighted by atomic mass is 16.3. The number of fused-ring (bicyclic) bond motifs is 1. The lowest BCUT2D eigenvalue weighted by Crippen LogP contribution is -2.09. The first-order chi connectivity index (χ1) is 9.54. The molecular weight excluding hydrogens is 256 g/mol. The van der Waals surface area contributed by atoms with Crippen LogP contribution in [0.15, 0.2) is 24.5 Å². The van der Waals surface area contributed by atoms with Crippen molar-refractivity contribution in [3.63, 3.8) is 0 Å². The summed E-state index contributed by atoms with van der Waals surface area (Å²) in [5, 5.41) is 14.2. The Morgan fingerprint density at radius 2 is 2.20 bits per heavy atom. The van der Waals surface area contributed by atoms with Crippen molar-refractivity contribution in [1.29, 1.82) is 0 Å². The fourth-order valence-corrected chi connectivity index (χ4v) is 2.25. The van der Waals surface area contributed by atoms with Crippen LogP contribution in [0, 0.1) is 0 Å². The molecule has 20 heavy (non-hydrogen) atoms. The molecular formula is C13H16N6O. The van der Waals surface area contributed by atoms with Crippen molar-refractivity contribution in [2.75, 3.05) is 5.73 Å². The Morgan fingerprint density at radius 3 is 2.85 bits per heavy atom. The van der Waals surface area contributed by atoms with E-state index in [2.05, 4.69) is 15.1 Å². The van der Waals surface area contributed by atoms with Gasteiger partial charge in [0.05, 0.1) is 17.6 Å². The number of anilines is 1. The van der Waals surface area contributed by atoms with E-state index in [-0.39, 0.29) is 0 Å². The minimum absolute atomic E-state index is 0.460. The van der Waals surface area contributed by atoms with Gasteiger partial charge in [-0.2, -0.15) is 5.10 Å². The van der Waals surface area contributed by atoms with Gasteiger partial charge < -0.3 is 15.4 Å². The molecule has 0 spiro atoms. The molecule has 0 amide bonds. The topological polar surface area (TPSA) is 94.8 Å². The zero-order valence-corrected chi connectivity index (χ0v) is 11.4. The Balaban J connectivity index is 2.13. The minimum atomic E-state index is -0.674. The Bertz CT molecular complexity index is 757. The number of hydrogen-bond acceptors (Lipinski definition) is 5. The second kappa shape index (κ2) is 4.61. The summed E-state index contributed by atoms with van der Waals surface area (Å²) in [6.07, 6.45) is 0.974. The first-order valence-corrected chi connectivity index (χ1v) is 6.33. The summed E-state index contributed by atoms with van der Waals surface area (Å²) >= 11 is 0. The molecule has 1 atom stereocenters. The standard InChI is InChI=1S/C13H16N6O/c1-8(20)13-16-10-5-9(14)3-4-11(10)19(13)6-12-15-7-18(2)17-12/h3-5,7-8,20H,6,14H2,1-2H3. The Kier molecular flexibility index (Phi) is 2.90. The van der Waals surface area contributed by atoms with Crippen LogP contribution in [0.5, 0.6) is 0 Å². The highest BCUT2D eigenvalue weighted by Gasteiger charge is 2.16. The summed E-state index contributed by atoms with van der Waals surface area (Å²) in [6.45, 7) is 2.15. The van der Waals surface area contributed by atoms with Gasteiger partial charge in [0.1, 0.15) is 18.3 Å². The van der Waals surface area contributed by atoms with Crippen LogP contribution < -0.4 is 5.73 Å². The molecule has 0 radical (unpaired) electrons. The zero-order valence-electron chi connectivity index (χ0n) is 11.4. The molecule has 2 heterocycles. The molecule has 0 saturated heterocycles. The minimum Gasteiger partial charge on any atom is -0.399 e. The average molecular weight is 272 g/mol. The number of aliphatic hydroxyl groups excluding tert-OH is 1. The lowest BCUT2D eigenvalue weighted by atomic mass is 10.3. The lowest BCUT2D eigenvalue weighted by molar-refractivity contribution is 0.185. The van der Waals surface area contributed by atoms with Crippen molar-refractivity contribution in [1.82, 2.24) is 24.3 Å². The molecule has 0 bridgehead atoms. The molecule has 0 aliphatic heterocycles. The van der Waals surface area contributed by atoms with E-state index in [0.29, 0.717) is 23.9 Å². The molecule has 0 aliphatic rings. The molecule has 3 aromatic rings. The van der Waals surface area contributed by atoms with Gasteiger partial charge in [-0.1, -0.05) is 0 Å². The summed E-state index contributed by atoms with van der Waals surface area (Å²) in [7, 11) is 1.82. The monoisotopic (exact) mass is 272 g/mol. The van der Waals surface area contributed by atoms with Crippen LogP contribution in [-0.2, 0) is 13.6 Å². The van der Waals surface area contributed by atoms with Gasteiger partial charge in [-0.25, -0.2) is 9.97 Å². The van der Waals surface area contributed by atoms with Gasteiger partial charge in [-0.15, -0.1) is 0 Å². The van der Waals surface area contributed by atoms with Gasteiger partial charge in [0.25, 0.3) is 0 Å². The molecule has 3 rings (SSSR count). The largest absolute Gasteiger partial charge is 0.399 e. The van der Waals surface area contributed by atoms with E-state index in [0.717, 1.165) is 11.0 Å². The molecule has 0 saturated carbocycles. The summed E-state index contributed by atoms with van der Waals surface area (Å²) in [4.78, 5) is 8.66. The van der Waals surface area contributed by atoms with Crippen molar-refractivity contribution in [3.8, 4) is 0 Å². The van der Waals surface area contributed by atoms with E-state index in [4.69, 9.17) is 5.73 Å². The van der Waals surface area contributed by atoms with Crippen molar-refractivity contribution in [2.24, 2.45) is 7.05 Å². The highest BCUT2D eigenvalue weighted by Crippen LogP contribution is 2.23. The van der Waals surface area contributed by atoms with Crippen LogP contribution in [0.1, 0.15) is 24.7 Å². The summed E-state index contributed by atoms with van der Waals surface area (Å²) in [5.41, 5.74) is 8.09. The molecule has 0 fully saturated rings. The van der Waals surface area contributed by atoms with Gasteiger partial charge in [0, 0.05) is 12.7 Å². The molecule has 1 unspecified atom stereocenters. The van der Waals surface area contributed by atoms with Crippen LogP contribution in [-0.4, -0.2) is 29.4 Å². The molecule has 7 heteroatoms. The first kappa shape index (κ1) is 12.6. The Labute approximate surface area is 115 Å². The number of nitrogen functional groups attached to an aromatic ring is 1. The maximum atomic E-state index is 9.90. The van der Waals surface area contributed by atoms with Crippen molar-refractivity contribution < 1.29 is 5.11 Å². The third kappa shape index (κ3) is 2.12. The summed E-state index contributed by atoms with van der Waals surface area (Å²) < 4.78 is 3.56. The summed E-state index contributed by atoms with van der Waals surface area (Å²) in [5.74, 6) is 1.25. The van der Waals surface area contributed by atoms with Gasteiger partial charge >= 0.3 is 0 Å². The molecule has 104 valence electrons. The number of aromatic nitrogens is 5. The number of aliphatic hydroxyl groups is 1. The molecule has 7 nitrogen and oxygen atoms in total. The number of benzene rings is 1. The number of rotatable bonds is 3. The average Bonchev–Trinajstić information content (AvgIpc) is 2.94. The van der Waals surface area contributed by atoms with Gasteiger partial charge in [0.15, 0.2) is 5.82 Å². The third-order valence-corrected chi connectivity index (χ3v) is 3.12. The lowest BCUT2D eigenvalue weighted by Gasteiger charge is -2.08. The van der Waals surface area contributed by atoms with E-state index in [1.807, 2.05) is 23.7 Å². The highest BCUT2D eigenvalue weighted by molar-refractivity contribution is 5.79. The van der Waals surface area contributed by atoms with Crippen LogP contribution in [0.2, 0.25) is 0 Å². The zero-order chi connectivity index (χ0) is 14.3. The predicted molar refractivity (Wildman–Crippen MR) is 74.9 cm³/mol. The van der Waals surface area contributed by atoms with Crippen LogP contribution >= 0.6 is 0 Å². The number of imidazole rings is 1. The Morgan fingerprint density at radius 1 is 1.40 bits per heavy atom. The molecule has 3 N–H and O–H groups in total. The van der Waals surface area contributed by atoms with E-state index in [9.17, 15) is 5.11 Å². The van der Waals surface area contributed by atoms with Gasteiger partial charge in [-0.3, -0.25) is 4.68 Å². The fourth-order valence-electron chi connectivity index (χ4n) is 2.25. The predicted octanol–water partition coefficient (Wildman–Crippen LogP) is 0.849. The number of nitrogens with zero attached hydrogens (tertiary/aromatic N) is 5. The number of aryl methyl sites for hydroxylation is 1. The van der Waals surface area contributed by atoms with E-state index >= 15 is 0 Å². The van der Waals surface area contributed by atoms with Crippen molar-refractivity contribution >= 4 is 16.7 Å². The second-order valence-corrected chi connectivity index (χ2v) is 4.81. The van der Waals surface area contributed by atoms with Gasteiger partial charge in [-0.05, 0) is 25.1 Å². The van der Waals surface area contributed by atoms with E-state index in [1.165, 1.54) is 0 Å². The van der Waals surface area contributed by atoms with E-state index < -0.39 is 6.10 Å². The Hall–Kier alpha value is -2.41. The first-order valence-electron chi connectivity index (χ1n) is 6.33. The number of nitrogens with two attached hydrogens (primary N) is 1. The van der Waals surface area contributed by atoms with Crippen LogP contribution in [0.4, 0.5) is 5.69 Å².